The molecule has 1 atom stereocenters. The Kier molecular flexibility index (Phi) is 6.20. The number of carboxylic acids is 1. The van der Waals surface area contributed by atoms with Crippen LogP contribution in [0.15, 0.2) is 0 Å². The molecule has 0 saturated carbocycles. The topological polar surface area (TPSA) is 49.3 Å². The molecule has 0 aromatic rings. The summed E-state index contributed by atoms with van der Waals surface area (Å²) in [6.07, 6.45) is 3.65. The second-order valence-electron chi connectivity index (χ2n) is 4.03. The minimum Gasteiger partial charge on any atom is -0.480 e. The quantitative estimate of drug-likeness (QED) is 0.643. The smallest absolute Gasteiger partial charge is 0.323 e. The summed E-state index contributed by atoms with van der Waals surface area (Å²) in [5.74, 6) is 0.259. The van der Waals surface area contributed by atoms with Gasteiger partial charge < -0.3 is 5.11 Å². The highest BCUT2D eigenvalue weighted by Crippen LogP contribution is 2.15. The maximum absolute atomic E-state index is 11.1. The van der Waals surface area contributed by atoms with Gasteiger partial charge in [0.1, 0.15) is 5.54 Å². The summed E-state index contributed by atoms with van der Waals surface area (Å²) in [6.45, 7) is 5.70. The van der Waals surface area contributed by atoms with Crippen LogP contribution in [0.1, 0.15) is 33.6 Å². The lowest BCUT2D eigenvalue weighted by Crippen LogP contribution is -2.52. The van der Waals surface area contributed by atoms with Gasteiger partial charge in [-0.05, 0) is 45.6 Å². The molecule has 3 nitrogen and oxygen atoms in total. The molecule has 1 unspecified atom stereocenters. The summed E-state index contributed by atoms with van der Waals surface area (Å²) < 4.78 is 0. The SMILES string of the molecule is CSCCCC(C)(NC(C)C)C(=O)O. The zero-order chi connectivity index (χ0) is 11.2. The van der Waals surface area contributed by atoms with Crippen molar-refractivity contribution in [1.29, 1.82) is 0 Å². The number of aliphatic carboxylic acids is 1. The van der Waals surface area contributed by atoms with Crippen molar-refractivity contribution in [2.45, 2.75) is 45.2 Å². The molecule has 0 aliphatic heterocycles. The molecule has 0 bridgehead atoms. The zero-order valence-corrected chi connectivity index (χ0v) is 10.3. The number of rotatable bonds is 7. The van der Waals surface area contributed by atoms with Crippen LogP contribution in [0.4, 0.5) is 0 Å². The van der Waals surface area contributed by atoms with Gasteiger partial charge in [-0.1, -0.05) is 0 Å². The summed E-state index contributed by atoms with van der Waals surface area (Å²) in [4.78, 5) is 11.1. The molecule has 0 radical (unpaired) electrons. The van der Waals surface area contributed by atoms with Crippen LogP contribution >= 0.6 is 11.8 Å². The second-order valence-corrected chi connectivity index (χ2v) is 5.02. The number of carbonyl (C=O) groups is 1. The highest BCUT2D eigenvalue weighted by Gasteiger charge is 2.32. The Morgan fingerprint density at radius 2 is 2.14 bits per heavy atom. The molecule has 2 N–H and O–H groups in total. The van der Waals surface area contributed by atoms with Crippen LogP contribution in [0.5, 0.6) is 0 Å². The van der Waals surface area contributed by atoms with Gasteiger partial charge in [-0.25, -0.2) is 0 Å². The molecular weight excluding hydrogens is 198 g/mol. The van der Waals surface area contributed by atoms with E-state index in [0.717, 1.165) is 12.2 Å². The van der Waals surface area contributed by atoms with Gasteiger partial charge in [0.2, 0.25) is 0 Å². The predicted octanol–water partition coefficient (Wildman–Crippen LogP) is 1.97. The minimum atomic E-state index is -0.774. The van der Waals surface area contributed by atoms with Gasteiger partial charge in [-0.2, -0.15) is 11.8 Å². The molecule has 0 amide bonds. The van der Waals surface area contributed by atoms with E-state index in [0.29, 0.717) is 6.42 Å². The fourth-order valence-corrected chi connectivity index (χ4v) is 1.88. The van der Waals surface area contributed by atoms with Gasteiger partial charge in [0, 0.05) is 6.04 Å². The largest absolute Gasteiger partial charge is 0.480 e. The third-order valence-electron chi connectivity index (χ3n) is 2.10. The number of hydrogen-bond donors (Lipinski definition) is 2. The number of carboxylic acid groups (broad SMARTS) is 1. The van der Waals surface area contributed by atoms with Crippen LogP contribution in [-0.2, 0) is 4.79 Å². The lowest BCUT2D eigenvalue weighted by Gasteiger charge is -2.28. The van der Waals surface area contributed by atoms with E-state index >= 15 is 0 Å². The average molecular weight is 219 g/mol. The average Bonchev–Trinajstić information content (AvgIpc) is 2.03. The van der Waals surface area contributed by atoms with Gasteiger partial charge in [0.15, 0.2) is 0 Å². The Bertz CT molecular complexity index is 185. The number of nitrogens with one attached hydrogen (secondary N) is 1. The van der Waals surface area contributed by atoms with Gasteiger partial charge in [-0.15, -0.1) is 0 Å². The molecule has 0 heterocycles. The predicted molar refractivity (Wildman–Crippen MR) is 61.9 cm³/mol. The van der Waals surface area contributed by atoms with Gasteiger partial charge in [0.25, 0.3) is 0 Å². The first kappa shape index (κ1) is 13.8. The first-order chi connectivity index (χ1) is 6.42. The van der Waals surface area contributed by atoms with E-state index in [4.69, 9.17) is 5.11 Å². The van der Waals surface area contributed by atoms with Gasteiger partial charge in [0.05, 0.1) is 0 Å². The zero-order valence-electron chi connectivity index (χ0n) is 9.46. The van der Waals surface area contributed by atoms with Crippen LogP contribution in [0.25, 0.3) is 0 Å². The molecule has 0 aliphatic carbocycles. The highest BCUT2D eigenvalue weighted by molar-refractivity contribution is 7.98. The summed E-state index contributed by atoms with van der Waals surface area (Å²) >= 11 is 1.75. The molecule has 0 aromatic carbocycles. The van der Waals surface area contributed by atoms with Crippen molar-refractivity contribution in [3.8, 4) is 0 Å². The molecular formula is C10H21NO2S. The van der Waals surface area contributed by atoms with Crippen LogP contribution in [0.3, 0.4) is 0 Å². The van der Waals surface area contributed by atoms with E-state index in [1.807, 2.05) is 20.1 Å². The van der Waals surface area contributed by atoms with Crippen molar-refractivity contribution in [3.63, 3.8) is 0 Å². The summed E-state index contributed by atoms with van der Waals surface area (Å²) in [6, 6.07) is 0.199. The van der Waals surface area contributed by atoms with E-state index in [1.54, 1.807) is 18.7 Å². The van der Waals surface area contributed by atoms with E-state index < -0.39 is 11.5 Å². The fourth-order valence-electron chi connectivity index (χ4n) is 1.45. The van der Waals surface area contributed by atoms with Crippen molar-refractivity contribution in [3.05, 3.63) is 0 Å². The Hall–Kier alpha value is -0.220. The van der Waals surface area contributed by atoms with E-state index in [2.05, 4.69) is 5.32 Å². The van der Waals surface area contributed by atoms with Crippen molar-refractivity contribution in [2.24, 2.45) is 0 Å². The highest BCUT2D eigenvalue weighted by atomic mass is 32.2. The number of thioether (sulfide) groups is 1. The molecule has 84 valence electrons. The van der Waals surface area contributed by atoms with Crippen molar-refractivity contribution >= 4 is 17.7 Å². The lowest BCUT2D eigenvalue weighted by molar-refractivity contribution is -0.144. The standard InChI is InChI=1S/C10H21NO2S/c1-8(2)11-10(3,9(12)13)6-5-7-14-4/h8,11H,5-7H2,1-4H3,(H,12,13). The molecule has 0 aliphatic rings. The van der Waals surface area contributed by atoms with Crippen LogP contribution < -0.4 is 5.32 Å². The van der Waals surface area contributed by atoms with Crippen molar-refractivity contribution in [1.82, 2.24) is 5.32 Å². The molecule has 4 heteroatoms. The van der Waals surface area contributed by atoms with E-state index in [9.17, 15) is 4.79 Å². The Morgan fingerprint density at radius 3 is 2.50 bits per heavy atom. The molecule has 14 heavy (non-hydrogen) atoms. The summed E-state index contributed by atoms with van der Waals surface area (Å²) in [5.41, 5.74) is -0.774. The summed E-state index contributed by atoms with van der Waals surface area (Å²) in [7, 11) is 0. The monoisotopic (exact) mass is 219 g/mol. The van der Waals surface area contributed by atoms with Crippen LogP contribution in [-0.4, -0.2) is 34.7 Å². The van der Waals surface area contributed by atoms with Gasteiger partial charge in [-0.3, -0.25) is 10.1 Å². The maximum Gasteiger partial charge on any atom is 0.323 e. The fraction of sp³-hybridized carbons (Fsp3) is 0.900. The summed E-state index contributed by atoms with van der Waals surface area (Å²) in [5, 5.41) is 12.2. The molecule has 0 spiro atoms. The Morgan fingerprint density at radius 1 is 1.57 bits per heavy atom. The molecule has 0 aromatic heterocycles. The van der Waals surface area contributed by atoms with Crippen LogP contribution in [0, 0.1) is 0 Å². The Balaban J connectivity index is 4.17. The van der Waals surface area contributed by atoms with Crippen LogP contribution in [0.2, 0.25) is 0 Å². The Labute approximate surface area is 90.7 Å². The second kappa shape index (κ2) is 6.30. The first-order valence-corrected chi connectivity index (χ1v) is 6.32. The lowest BCUT2D eigenvalue weighted by atomic mass is 9.95. The number of hydrogen-bond acceptors (Lipinski definition) is 3. The first-order valence-electron chi connectivity index (χ1n) is 4.92. The van der Waals surface area contributed by atoms with Gasteiger partial charge >= 0.3 is 5.97 Å². The normalized spacial score (nSPS) is 15.5. The van der Waals surface area contributed by atoms with E-state index in [1.165, 1.54) is 0 Å². The maximum atomic E-state index is 11.1. The molecule has 0 rings (SSSR count). The minimum absolute atomic E-state index is 0.199. The van der Waals surface area contributed by atoms with Crippen molar-refractivity contribution < 1.29 is 9.90 Å². The third-order valence-corrected chi connectivity index (χ3v) is 2.80. The van der Waals surface area contributed by atoms with E-state index in [-0.39, 0.29) is 6.04 Å². The third kappa shape index (κ3) is 4.86. The molecule has 0 fully saturated rings. The van der Waals surface area contributed by atoms with Crippen molar-refractivity contribution in [2.75, 3.05) is 12.0 Å². The molecule has 0 saturated heterocycles.